The summed E-state index contributed by atoms with van der Waals surface area (Å²) in [5.74, 6) is -0.882. The number of hydrogen-bond donors (Lipinski definition) is 2. The maximum atomic E-state index is 14.3. The summed E-state index contributed by atoms with van der Waals surface area (Å²) < 4.78 is 14.6. The van der Waals surface area contributed by atoms with Gasteiger partial charge < -0.3 is 25.3 Å². The monoisotopic (exact) mass is 633 g/mol. The summed E-state index contributed by atoms with van der Waals surface area (Å²) in [6.45, 7) is 4.36. The van der Waals surface area contributed by atoms with Crippen molar-refractivity contribution in [1.82, 2.24) is 35.1 Å². The SMILES string of the molecule is Cc1ccc(C[C@@H]2C[C@@H](C(=O)NCc3ccc4c(cnn4C)c3)N(C(=O)[C@@H]3NCCC[C@@H]3C(=O)N(C)CCN(C)CCF)C2)cc1. The smallest absolute Gasteiger partial charge is 0.243 e. The predicted octanol–water partition coefficient (Wildman–Crippen LogP) is 2.69. The number of halogens is 1. The van der Waals surface area contributed by atoms with Crippen LogP contribution in [0.1, 0.15) is 36.0 Å². The van der Waals surface area contributed by atoms with E-state index >= 15 is 0 Å². The fraction of sp³-hybridized carbons (Fsp3) is 0.543. The van der Waals surface area contributed by atoms with Crippen molar-refractivity contribution < 1.29 is 18.8 Å². The summed E-state index contributed by atoms with van der Waals surface area (Å²) in [6, 6.07) is 13.1. The summed E-state index contributed by atoms with van der Waals surface area (Å²) in [4.78, 5) is 47.0. The molecule has 2 N–H and O–H groups in total. The van der Waals surface area contributed by atoms with Gasteiger partial charge in [0, 0.05) is 52.2 Å². The van der Waals surface area contributed by atoms with Crippen molar-refractivity contribution in [3.63, 3.8) is 0 Å². The first-order valence-electron chi connectivity index (χ1n) is 16.4. The highest BCUT2D eigenvalue weighted by Gasteiger charge is 2.45. The topological polar surface area (TPSA) is 103 Å². The number of nitrogens with zero attached hydrogens (tertiary/aromatic N) is 5. The number of amides is 3. The van der Waals surface area contributed by atoms with Crippen molar-refractivity contribution in [2.45, 2.75) is 51.2 Å². The Morgan fingerprint density at radius 2 is 1.83 bits per heavy atom. The molecular weight excluding hydrogens is 585 g/mol. The summed E-state index contributed by atoms with van der Waals surface area (Å²) in [7, 11) is 5.47. The van der Waals surface area contributed by atoms with Crippen LogP contribution >= 0.6 is 0 Å². The van der Waals surface area contributed by atoms with E-state index in [0.717, 1.165) is 29.3 Å². The third-order valence-electron chi connectivity index (χ3n) is 9.60. The van der Waals surface area contributed by atoms with E-state index in [9.17, 15) is 18.8 Å². The highest BCUT2D eigenvalue weighted by molar-refractivity contribution is 5.94. The van der Waals surface area contributed by atoms with Crippen LogP contribution in [-0.4, -0.2) is 108 Å². The highest BCUT2D eigenvalue weighted by Crippen LogP contribution is 2.30. The zero-order valence-corrected chi connectivity index (χ0v) is 27.5. The van der Waals surface area contributed by atoms with E-state index in [1.54, 1.807) is 16.8 Å². The molecule has 3 heterocycles. The van der Waals surface area contributed by atoms with Crippen molar-refractivity contribution in [3.05, 3.63) is 65.4 Å². The van der Waals surface area contributed by atoms with Crippen LogP contribution in [0, 0.1) is 18.8 Å². The molecule has 0 unspecified atom stereocenters. The second-order valence-corrected chi connectivity index (χ2v) is 13.1. The molecule has 2 fully saturated rings. The van der Waals surface area contributed by atoms with Gasteiger partial charge in [-0.3, -0.25) is 19.1 Å². The van der Waals surface area contributed by atoms with Gasteiger partial charge in [0.1, 0.15) is 12.7 Å². The fourth-order valence-corrected chi connectivity index (χ4v) is 6.81. The van der Waals surface area contributed by atoms with Crippen molar-refractivity contribution in [2.75, 3.05) is 53.5 Å². The molecular formula is C35H48FN7O3. The Morgan fingerprint density at radius 1 is 1.07 bits per heavy atom. The van der Waals surface area contributed by atoms with Gasteiger partial charge in [-0.05, 0) is 75.4 Å². The molecule has 46 heavy (non-hydrogen) atoms. The molecule has 2 aliphatic heterocycles. The largest absolute Gasteiger partial charge is 0.350 e. The van der Waals surface area contributed by atoms with Gasteiger partial charge in [0.15, 0.2) is 0 Å². The van der Waals surface area contributed by atoms with Crippen LogP contribution in [-0.2, 0) is 34.4 Å². The number of carbonyl (C=O) groups is 3. The number of piperidine rings is 1. The lowest BCUT2D eigenvalue weighted by Crippen LogP contribution is -2.59. The van der Waals surface area contributed by atoms with Crippen LogP contribution < -0.4 is 10.6 Å². The number of hydrogen-bond acceptors (Lipinski definition) is 6. The standard InChI is InChI=1S/C35H48FN7O3/c1-24-7-9-25(10-8-24)18-27-20-31(33(44)38-21-26-11-12-30-28(19-26)22-39-42(30)4)43(23-27)35(46)32-29(6-5-14-37-32)34(45)41(3)17-16-40(2)15-13-36/h7-12,19,22,27,29,31-32,37H,5-6,13-18,20-21,23H2,1-4H3,(H,38,44)/t27-,29+,31+,32-/m1/s1. The van der Waals surface area contributed by atoms with E-state index in [-0.39, 0.29) is 23.6 Å². The molecule has 3 aromatic rings. The minimum atomic E-state index is -0.700. The van der Waals surface area contributed by atoms with Gasteiger partial charge in [-0.25, -0.2) is 4.39 Å². The Balaban J connectivity index is 1.31. The van der Waals surface area contributed by atoms with E-state index in [0.29, 0.717) is 52.1 Å². The lowest BCUT2D eigenvalue weighted by Gasteiger charge is -2.37. The molecule has 2 saturated heterocycles. The third kappa shape index (κ3) is 7.93. The molecule has 0 radical (unpaired) electrons. The minimum absolute atomic E-state index is 0.0959. The van der Waals surface area contributed by atoms with Crippen LogP contribution in [0.25, 0.3) is 10.9 Å². The van der Waals surface area contributed by atoms with Crippen LogP contribution in [0.3, 0.4) is 0 Å². The van der Waals surface area contributed by atoms with Gasteiger partial charge in [-0.1, -0.05) is 35.9 Å². The van der Waals surface area contributed by atoms with Crippen molar-refractivity contribution in [1.29, 1.82) is 0 Å². The molecule has 11 heteroatoms. The van der Waals surface area contributed by atoms with Gasteiger partial charge in [0.2, 0.25) is 17.7 Å². The number of aromatic nitrogens is 2. The van der Waals surface area contributed by atoms with Crippen molar-refractivity contribution in [2.24, 2.45) is 18.9 Å². The number of alkyl halides is 1. The third-order valence-corrected chi connectivity index (χ3v) is 9.60. The van der Waals surface area contributed by atoms with Crippen LogP contribution in [0.5, 0.6) is 0 Å². The van der Waals surface area contributed by atoms with Crippen LogP contribution in [0.4, 0.5) is 4.39 Å². The van der Waals surface area contributed by atoms with E-state index in [2.05, 4.69) is 46.9 Å². The molecule has 0 spiro atoms. The van der Waals surface area contributed by atoms with Gasteiger partial charge in [-0.15, -0.1) is 0 Å². The van der Waals surface area contributed by atoms with Gasteiger partial charge in [-0.2, -0.15) is 5.10 Å². The maximum absolute atomic E-state index is 14.3. The van der Waals surface area contributed by atoms with E-state index in [4.69, 9.17) is 0 Å². The van der Waals surface area contributed by atoms with Gasteiger partial charge >= 0.3 is 0 Å². The second kappa shape index (κ2) is 15.2. The highest BCUT2D eigenvalue weighted by atomic mass is 19.1. The first-order valence-corrected chi connectivity index (χ1v) is 16.4. The number of aryl methyl sites for hydroxylation is 2. The molecule has 5 rings (SSSR count). The lowest BCUT2D eigenvalue weighted by molar-refractivity contribution is -0.146. The number of fused-ring (bicyclic) bond motifs is 1. The Bertz CT molecular complexity index is 1510. The summed E-state index contributed by atoms with van der Waals surface area (Å²) in [5.41, 5.74) is 4.34. The van der Waals surface area contributed by atoms with Crippen LogP contribution in [0.15, 0.2) is 48.7 Å². The average molecular weight is 634 g/mol. The quantitative estimate of drug-likeness (QED) is 0.318. The number of carbonyl (C=O) groups excluding carboxylic acids is 3. The van der Waals surface area contributed by atoms with Crippen LogP contribution in [0.2, 0.25) is 0 Å². The first kappa shape index (κ1) is 33.5. The minimum Gasteiger partial charge on any atom is -0.350 e. The number of rotatable bonds is 12. The lowest BCUT2D eigenvalue weighted by atomic mass is 9.88. The Morgan fingerprint density at radius 3 is 2.59 bits per heavy atom. The van der Waals surface area contributed by atoms with E-state index < -0.39 is 24.7 Å². The molecule has 4 atom stereocenters. The number of nitrogens with one attached hydrogen (secondary N) is 2. The predicted molar refractivity (Wildman–Crippen MR) is 177 cm³/mol. The molecule has 0 aliphatic carbocycles. The van der Waals surface area contributed by atoms with E-state index in [1.807, 2.05) is 48.1 Å². The van der Waals surface area contributed by atoms with Gasteiger partial charge in [0.25, 0.3) is 0 Å². The molecule has 0 saturated carbocycles. The normalized spacial score (nSPS) is 21.6. The van der Waals surface area contributed by atoms with E-state index in [1.165, 1.54) is 11.1 Å². The molecule has 3 amide bonds. The fourth-order valence-electron chi connectivity index (χ4n) is 6.81. The molecule has 10 nitrogen and oxygen atoms in total. The van der Waals surface area contributed by atoms with Gasteiger partial charge in [0.05, 0.1) is 23.7 Å². The number of benzene rings is 2. The molecule has 248 valence electrons. The average Bonchev–Trinajstić information content (AvgIpc) is 3.66. The Kier molecular flexibility index (Phi) is 11.1. The zero-order chi connectivity index (χ0) is 32.8. The number of likely N-dealkylation sites (tertiary alicyclic amines) is 1. The maximum Gasteiger partial charge on any atom is 0.243 e. The summed E-state index contributed by atoms with van der Waals surface area (Å²) in [6.07, 6.45) is 4.51. The summed E-state index contributed by atoms with van der Waals surface area (Å²) in [5, 5.41) is 11.7. The summed E-state index contributed by atoms with van der Waals surface area (Å²) >= 11 is 0. The van der Waals surface area contributed by atoms with Crippen molar-refractivity contribution >= 4 is 28.6 Å². The zero-order valence-electron chi connectivity index (χ0n) is 27.5. The second-order valence-electron chi connectivity index (χ2n) is 13.1. The molecule has 2 aromatic carbocycles. The van der Waals surface area contributed by atoms with Crippen molar-refractivity contribution in [3.8, 4) is 0 Å². The first-order chi connectivity index (χ1) is 22.1. The molecule has 0 bridgehead atoms. The number of likely N-dealkylation sites (N-methyl/N-ethyl adjacent to an activating group) is 2. The Hall–Kier alpha value is -3.83. The molecule has 1 aromatic heterocycles. The molecule has 2 aliphatic rings. The Labute approximate surface area is 271 Å².